The number of thioether (sulfide) groups is 1. The molecule has 0 unspecified atom stereocenters. The highest BCUT2D eigenvalue weighted by Crippen LogP contribution is 2.35. The molecule has 1 rings (SSSR count). The van der Waals surface area contributed by atoms with Gasteiger partial charge < -0.3 is 5.73 Å². The molecule has 0 aliphatic carbocycles. The van der Waals surface area contributed by atoms with Crippen LogP contribution in [0.5, 0.6) is 0 Å². The Balaban J connectivity index is 3.00. The molecular formula is C10H10F3NS. The Morgan fingerprint density at radius 2 is 2.07 bits per heavy atom. The molecule has 0 radical (unpaired) electrons. The van der Waals surface area contributed by atoms with Crippen LogP contribution in [0.15, 0.2) is 35.7 Å². The van der Waals surface area contributed by atoms with Crippen molar-refractivity contribution in [3.63, 3.8) is 0 Å². The summed E-state index contributed by atoms with van der Waals surface area (Å²) in [5.41, 5.74) is 4.23. The lowest BCUT2D eigenvalue weighted by molar-refractivity contribution is -0.137. The van der Waals surface area contributed by atoms with Crippen LogP contribution in [-0.4, -0.2) is 5.75 Å². The standard InChI is InChI=1S/C10H10F3NS/c1-2-5-15-7-3-4-9(14)8(6-7)10(11,12)13/h2-4,6H,1,5,14H2. The Kier molecular flexibility index (Phi) is 3.68. The minimum Gasteiger partial charge on any atom is -0.398 e. The molecule has 0 atom stereocenters. The highest BCUT2D eigenvalue weighted by atomic mass is 32.2. The van der Waals surface area contributed by atoms with Gasteiger partial charge in [0.05, 0.1) is 5.56 Å². The maximum Gasteiger partial charge on any atom is 0.418 e. The predicted molar refractivity (Wildman–Crippen MR) is 56.8 cm³/mol. The van der Waals surface area contributed by atoms with Crippen LogP contribution in [0.2, 0.25) is 0 Å². The molecule has 1 aromatic carbocycles. The van der Waals surface area contributed by atoms with E-state index in [0.717, 1.165) is 6.07 Å². The number of benzene rings is 1. The minimum atomic E-state index is -4.39. The third-order valence-electron chi connectivity index (χ3n) is 1.70. The number of rotatable bonds is 3. The first kappa shape index (κ1) is 12.0. The maximum absolute atomic E-state index is 12.4. The average molecular weight is 233 g/mol. The lowest BCUT2D eigenvalue weighted by Gasteiger charge is -2.11. The van der Waals surface area contributed by atoms with Crippen molar-refractivity contribution in [1.29, 1.82) is 0 Å². The van der Waals surface area contributed by atoms with Gasteiger partial charge in [0, 0.05) is 16.3 Å². The Morgan fingerprint density at radius 3 is 2.60 bits per heavy atom. The van der Waals surface area contributed by atoms with E-state index < -0.39 is 11.7 Å². The van der Waals surface area contributed by atoms with Crippen LogP contribution in [0, 0.1) is 0 Å². The number of nitrogens with two attached hydrogens (primary N) is 1. The van der Waals surface area contributed by atoms with E-state index in [9.17, 15) is 13.2 Å². The van der Waals surface area contributed by atoms with Crippen molar-refractivity contribution in [2.75, 3.05) is 11.5 Å². The highest BCUT2D eigenvalue weighted by Gasteiger charge is 2.33. The molecule has 1 nitrogen and oxygen atoms in total. The molecule has 0 heterocycles. The van der Waals surface area contributed by atoms with Gasteiger partial charge in [0.25, 0.3) is 0 Å². The quantitative estimate of drug-likeness (QED) is 0.490. The number of anilines is 1. The summed E-state index contributed by atoms with van der Waals surface area (Å²) in [5.74, 6) is 0.571. The van der Waals surface area contributed by atoms with Gasteiger partial charge in [-0.3, -0.25) is 0 Å². The Morgan fingerprint density at radius 1 is 1.40 bits per heavy atom. The molecule has 1 aromatic rings. The number of alkyl halides is 3. The molecule has 5 heteroatoms. The van der Waals surface area contributed by atoms with Gasteiger partial charge in [-0.2, -0.15) is 13.2 Å². The molecule has 0 bridgehead atoms. The minimum absolute atomic E-state index is 0.245. The smallest absolute Gasteiger partial charge is 0.398 e. The molecule has 82 valence electrons. The van der Waals surface area contributed by atoms with Gasteiger partial charge in [0.2, 0.25) is 0 Å². The van der Waals surface area contributed by atoms with Gasteiger partial charge >= 0.3 is 6.18 Å². The van der Waals surface area contributed by atoms with E-state index in [-0.39, 0.29) is 5.69 Å². The molecule has 0 aliphatic heterocycles. The third kappa shape index (κ3) is 3.20. The van der Waals surface area contributed by atoms with Crippen LogP contribution < -0.4 is 5.73 Å². The second-order valence-electron chi connectivity index (χ2n) is 2.85. The number of hydrogen-bond donors (Lipinski definition) is 1. The van der Waals surface area contributed by atoms with Crippen molar-refractivity contribution in [2.45, 2.75) is 11.1 Å². The third-order valence-corrected chi connectivity index (χ3v) is 2.69. The van der Waals surface area contributed by atoms with Crippen LogP contribution in [0.4, 0.5) is 18.9 Å². The zero-order valence-corrected chi connectivity index (χ0v) is 8.66. The van der Waals surface area contributed by atoms with E-state index in [1.54, 1.807) is 12.1 Å². The van der Waals surface area contributed by atoms with Crippen molar-refractivity contribution in [3.05, 3.63) is 36.4 Å². The van der Waals surface area contributed by atoms with Crippen LogP contribution in [-0.2, 0) is 6.18 Å². The van der Waals surface area contributed by atoms with Crippen molar-refractivity contribution in [2.24, 2.45) is 0 Å². The van der Waals surface area contributed by atoms with E-state index in [1.807, 2.05) is 0 Å². The van der Waals surface area contributed by atoms with Crippen LogP contribution in [0.3, 0.4) is 0 Å². The first-order chi connectivity index (χ1) is 6.95. The van der Waals surface area contributed by atoms with Crippen molar-refractivity contribution >= 4 is 17.4 Å². The SMILES string of the molecule is C=CCSc1ccc(N)c(C(F)(F)F)c1. The van der Waals surface area contributed by atoms with Gasteiger partial charge in [-0.1, -0.05) is 6.08 Å². The fourth-order valence-electron chi connectivity index (χ4n) is 1.03. The van der Waals surface area contributed by atoms with Crippen LogP contribution in [0.25, 0.3) is 0 Å². The summed E-state index contributed by atoms with van der Waals surface area (Å²) in [5, 5.41) is 0. The van der Waals surface area contributed by atoms with E-state index >= 15 is 0 Å². The number of halogens is 3. The van der Waals surface area contributed by atoms with Gasteiger partial charge in [0.15, 0.2) is 0 Å². The largest absolute Gasteiger partial charge is 0.418 e. The summed E-state index contributed by atoms with van der Waals surface area (Å²) in [6, 6.07) is 3.90. The molecule has 0 aromatic heterocycles. The first-order valence-electron chi connectivity index (χ1n) is 4.15. The maximum atomic E-state index is 12.4. The van der Waals surface area contributed by atoms with Crippen LogP contribution in [0.1, 0.15) is 5.56 Å². The van der Waals surface area contributed by atoms with Gasteiger partial charge in [-0.05, 0) is 18.2 Å². The number of hydrogen-bond acceptors (Lipinski definition) is 2. The van der Waals surface area contributed by atoms with E-state index in [2.05, 4.69) is 6.58 Å². The van der Waals surface area contributed by atoms with Crippen molar-refractivity contribution in [3.8, 4) is 0 Å². The Labute approximate surface area is 90.2 Å². The summed E-state index contributed by atoms with van der Waals surface area (Å²) < 4.78 is 37.3. The fourth-order valence-corrected chi connectivity index (χ4v) is 1.70. The molecule has 0 aliphatic rings. The molecule has 2 N–H and O–H groups in total. The summed E-state index contributed by atoms with van der Waals surface area (Å²) >= 11 is 1.29. The fraction of sp³-hybridized carbons (Fsp3) is 0.200. The molecule has 0 saturated carbocycles. The summed E-state index contributed by atoms with van der Waals surface area (Å²) in [6.45, 7) is 3.50. The molecular weight excluding hydrogens is 223 g/mol. The summed E-state index contributed by atoms with van der Waals surface area (Å²) in [6.07, 6.45) is -2.76. The zero-order valence-electron chi connectivity index (χ0n) is 7.84. The van der Waals surface area contributed by atoms with E-state index in [1.165, 1.54) is 17.8 Å². The lowest BCUT2D eigenvalue weighted by atomic mass is 10.2. The summed E-state index contributed by atoms with van der Waals surface area (Å²) in [4.78, 5) is 0.538. The molecule has 0 amide bonds. The Hall–Kier alpha value is -1.10. The van der Waals surface area contributed by atoms with E-state index in [0.29, 0.717) is 10.6 Å². The molecule has 0 fully saturated rings. The zero-order chi connectivity index (χ0) is 11.5. The van der Waals surface area contributed by atoms with Crippen molar-refractivity contribution in [1.82, 2.24) is 0 Å². The summed E-state index contributed by atoms with van der Waals surface area (Å²) in [7, 11) is 0. The normalized spacial score (nSPS) is 11.4. The average Bonchev–Trinajstić information content (AvgIpc) is 2.15. The van der Waals surface area contributed by atoms with E-state index in [4.69, 9.17) is 5.73 Å². The lowest BCUT2D eigenvalue weighted by Crippen LogP contribution is -2.08. The van der Waals surface area contributed by atoms with Gasteiger partial charge in [0.1, 0.15) is 0 Å². The van der Waals surface area contributed by atoms with Gasteiger partial charge in [-0.25, -0.2) is 0 Å². The molecule has 0 saturated heterocycles. The second kappa shape index (κ2) is 4.61. The predicted octanol–water partition coefficient (Wildman–Crippen LogP) is 3.57. The first-order valence-corrected chi connectivity index (χ1v) is 5.14. The monoisotopic (exact) mass is 233 g/mol. The van der Waals surface area contributed by atoms with Gasteiger partial charge in [-0.15, -0.1) is 18.3 Å². The second-order valence-corrected chi connectivity index (χ2v) is 3.94. The highest BCUT2D eigenvalue weighted by molar-refractivity contribution is 7.99. The van der Waals surface area contributed by atoms with Crippen molar-refractivity contribution < 1.29 is 13.2 Å². The number of nitrogen functional groups attached to an aromatic ring is 1. The Bertz CT molecular complexity index is 360. The molecule has 0 spiro atoms. The molecule has 15 heavy (non-hydrogen) atoms. The topological polar surface area (TPSA) is 26.0 Å². The van der Waals surface area contributed by atoms with Crippen LogP contribution >= 0.6 is 11.8 Å².